The van der Waals surface area contributed by atoms with Gasteiger partial charge >= 0.3 is 0 Å². The van der Waals surface area contributed by atoms with Gasteiger partial charge in [0, 0.05) is 0 Å². The Morgan fingerprint density at radius 1 is 1.00 bits per heavy atom. The van der Waals surface area contributed by atoms with Crippen molar-refractivity contribution in [1.29, 1.82) is 0 Å². The van der Waals surface area contributed by atoms with Gasteiger partial charge in [-0.1, -0.05) is 48.6 Å². The molecule has 3 heteroatoms. The molecule has 3 N–H and O–H groups in total. The Labute approximate surface area is 100 Å². The Morgan fingerprint density at radius 3 is 2.38 bits per heavy atom. The second-order valence-electron chi connectivity index (χ2n) is 3.43. The third kappa shape index (κ3) is 2.20. The summed E-state index contributed by atoms with van der Waals surface area (Å²) in [7, 11) is 0. The zero-order chi connectivity index (χ0) is 11.4. The van der Waals surface area contributed by atoms with Gasteiger partial charge < -0.3 is 11.1 Å². The lowest BCUT2D eigenvalue weighted by atomic mass is 10.0. The van der Waals surface area contributed by atoms with E-state index in [1.807, 2.05) is 36.4 Å². The van der Waals surface area contributed by atoms with E-state index in [0.29, 0.717) is 5.69 Å². The quantitative estimate of drug-likeness (QED) is 0.625. The summed E-state index contributed by atoms with van der Waals surface area (Å²) in [5, 5.41) is 2.92. The van der Waals surface area contributed by atoms with Crippen molar-refractivity contribution in [1.82, 2.24) is 0 Å². The van der Waals surface area contributed by atoms with E-state index < -0.39 is 0 Å². The summed E-state index contributed by atoms with van der Waals surface area (Å²) in [5.74, 6) is 0. The second-order valence-corrected chi connectivity index (χ2v) is 3.67. The minimum Gasteiger partial charge on any atom is -0.397 e. The number of nitrogen functional groups attached to an aromatic ring is 1. The zero-order valence-corrected chi connectivity index (χ0v) is 9.50. The molecule has 0 aromatic heterocycles. The van der Waals surface area contributed by atoms with Crippen molar-refractivity contribution in [3.05, 3.63) is 48.5 Å². The first-order chi connectivity index (χ1) is 7.81. The molecule has 2 aromatic carbocycles. The molecule has 0 amide bonds. The van der Waals surface area contributed by atoms with E-state index in [4.69, 9.17) is 18.0 Å². The molecule has 0 atom stereocenters. The van der Waals surface area contributed by atoms with Crippen LogP contribution in [0, 0.1) is 0 Å². The Morgan fingerprint density at radius 2 is 1.75 bits per heavy atom. The molecule has 0 fully saturated rings. The van der Waals surface area contributed by atoms with Gasteiger partial charge in [-0.25, -0.2) is 0 Å². The molecule has 0 unspecified atom stereocenters. The standard InChI is InChI=1S/C13H12N2S/c14-12-8-11(6-7-13(12)15-9-16)10-4-2-1-3-5-10/h1-9H,14H2,(H,15,16). The normalized spacial score (nSPS) is 9.75. The highest BCUT2D eigenvalue weighted by Gasteiger charge is 2.01. The van der Waals surface area contributed by atoms with E-state index in [1.165, 1.54) is 5.49 Å². The van der Waals surface area contributed by atoms with Gasteiger partial charge in [0.15, 0.2) is 0 Å². The van der Waals surface area contributed by atoms with E-state index in [9.17, 15) is 0 Å². The van der Waals surface area contributed by atoms with E-state index in [-0.39, 0.29) is 0 Å². The molecule has 0 radical (unpaired) electrons. The van der Waals surface area contributed by atoms with Crippen molar-refractivity contribution in [2.45, 2.75) is 0 Å². The van der Waals surface area contributed by atoms with Crippen LogP contribution in [0.15, 0.2) is 48.5 Å². The first-order valence-corrected chi connectivity index (χ1v) is 5.43. The third-order valence-corrected chi connectivity index (χ3v) is 2.49. The number of benzene rings is 2. The molecule has 0 heterocycles. The van der Waals surface area contributed by atoms with Gasteiger partial charge in [-0.3, -0.25) is 0 Å². The van der Waals surface area contributed by atoms with Gasteiger partial charge in [0.1, 0.15) is 0 Å². The van der Waals surface area contributed by atoms with Crippen LogP contribution in [0.1, 0.15) is 0 Å². The van der Waals surface area contributed by atoms with Crippen molar-refractivity contribution >= 4 is 29.1 Å². The lowest BCUT2D eigenvalue weighted by Gasteiger charge is -2.07. The number of nitrogens with one attached hydrogen (secondary N) is 1. The Balaban J connectivity index is 2.38. The van der Waals surface area contributed by atoms with Crippen molar-refractivity contribution in [3.63, 3.8) is 0 Å². The van der Waals surface area contributed by atoms with Gasteiger partial charge in [-0.15, -0.1) is 0 Å². The number of hydrogen-bond acceptors (Lipinski definition) is 2. The maximum atomic E-state index is 5.92. The summed E-state index contributed by atoms with van der Waals surface area (Å²) >= 11 is 4.73. The average molecular weight is 228 g/mol. The molecule has 0 saturated carbocycles. The minimum atomic E-state index is 0.697. The lowest BCUT2D eigenvalue weighted by Crippen LogP contribution is -1.97. The molecule has 0 aliphatic carbocycles. The van der Waals surface area contributed by atoms with Crippen molar-refractivity contribution < 1.29 is 0 Å². The molecular weight excluding hydrogens is 216 g/mol. The Hall–Kier alpha value is -1.87. The van der Waals surface area contributed by atoms with Crippen LogP contribution in [0.25, 0.3) is 11.1 Å². The van der Waals surface area contributed by atoms with Crippen LogP contribution in [0.4, 0.5) is 11.4 Å². The summed E-state index contributed by atoms with van der Waals surface area (Å²) in [4.78, 5) is 0. The van der Waals surface area contributed by atoms with Crippen LogP contribution in [0.3, 0.4) is 0 Å². The van der Waals surface area contributed by atoms with Gasteiger partial charge in [-0.2, -0.15) is 0 Å². The molecule has 0 spiro atoms. The van der Waals surface area contributed by atoms with Crippen molar-refractivity contribution in [2.75, 3.05) is 11.1 Å². The van der Waals surface area contributed by atoms with Gasteiger partial charge in [0.05, 0.1) is 16.9 Å². The van der Waals surface area contributed by atoms with Crippen molar-refractivity contribution in [3.8, 4) is 11.1 Å². The number of thiocarbonyl (C=S) groups is 1. The van der Waals surface area contributed by atoms with Crippen LogP contribution >= 0.6 is 12.2 Å². The predicted octanol–water partition coefficient (Wildman–Crippen LogP) is 3.30. The highest BCUT2D eigenvalue weighted by atomic mass is 32.1. The molecule has 2 rings (SSSR count). The number of rotatable bonds is 3. The average Bonchev–Trinajstić information content (AvgIpc) is 2.33. The highest BCUT2D eigenvalue weighted by Crippen LogP contribution is 2.26. The Kier molecular flexibility index (Phi) is 3.17. The van der Waals surface area contributed by atoms with E-state index in [2.05, 4.69) is 17.4 Å². The molecule has 2 nitrogen and oxygen atoms in total. The van der Waals surface area contributed by atoms with Crippen molar-refractivity contribution in [2.24, 2.45) is 0 Å². The van der Waals surface area contributed by atoms with Crippen LogP contribution < -0.4 is 11.1 Å². The summed E-state index contributed by atoms with van der Waals surface area (Å²) in [6.07, 6.45) is 0. The van der Waals surface area contributed by atoms with Gasteiger partial charge in [0.2, 0.25) is 0 Å². The van der Waals surface area contributed by atoms with E-state index >= 15 is 0 Å². The molecular formula is C13H12N2S. The monoisotopic (exact) mass is 228 g/mol. The Bertz CT molecular complexity index is 495. The third-order valence-electron chi connectivity index (χ3n) is 2.37. The molecule has 80 valence electrons. The zero-order valence-electron chi connectivity index (χ0n) is 8.68. The summed E-state index contributed by atoms with van der Waals surface area (Å²) < 4.78 is 0. The van der Waals surface area contributed by atoms with Crippen LogP contribution in [-0.4, -0.2) is 5.49 Å². The van der Waals surface area contributed by atoms with E-state index in [1.54, 1.807) is 0 Å². The van der Waals surface area contributed by atoms with Crippen LogP contribution in [0.5, 0.6) is 0 Å². The lowest BCUT2D eigenvalue weighted by molar-refractivity contribution is 1.60. The predicted molar refractivity (Wildman–Crippen MR) is 73.6 cm³/mol. The number of nitrogens with two attached hydrogens (primary N) is 1. The first kappa shape index (κ1) is 10.6. The topological polar surface area (TPSA) is 38.0 Å². The smallest absolute Gasteiger partial charge is 0.0659 e. The largest absolute Gasteiger partial charge is 0.397 e. The molecule has 2 aromatic rings. The molecule has 0 bridgehead atoms. The molecule has 16 heavy (non-hydrogen) atoms. The second kappa shape index (κ2) is 4.77. The van der Waals surface area contributed by atoms with Crippen LogP contribution in [0.2, 0.25) is 0 Å². The molecule has 0 aliphatic rings. The fourth-order valence-electron chi connectivity index (χ4n) is 1.57. The fraction of sp³-hybridized carbons (Fsp3) is 0. The molecule has 0 aliphatic heterocycles. The van der Waals surface area contributed by atoms with Gasteiger partial charge in [0.25, 0.3) is 0 Å². The highest BCUT2D eigenvalue weighted by molar-refractivity contribution is 7.79. The summed E-state index contributed by atoms with van der Waals surface area (Å²) in [5.41, 5.74) is 11.2. The molecule has 0 saturated heterocycles. The maximum Gasteiger partial charge on any atom is 0.0659 e. The van der Waals surface area contributed by atoms with Gasteiger partial charge in [-0.05, 0) is 23.3 Å². The SMILES string of the molecule is Nc1cc(-c2ccccc2)ccc1NC=S. The van der Waals surface area contributed by atoms with Crippen LogP contribution in [-0.2, 0) is 0 Å². The van der Waals surface area contributed by atoms with E-state index in [0.717, 1.165) is 16.8 Å². The minimum absolute atomic E-state index is 0.697. The summed E-state index contributed by atoms with van der Waals surface area (Å²) in [6.45, 7) is 0. The fourth-order valence-corrected chi connectivity index (χ4v) is 1.69. The maximum absolute atomic E-state index is 5.92. The first-order valence-electron chi connectivity index (χ1n) is 4.96. The summed E-state index contributed by atoms with van der Waals surface area (Å²) in [6, 6.07) is 16.0. The number of anilines is 2. The number of hydrogen-bond donors (Lipinski definition) is 2.